The molecule has 6 heteroatoms. The molecular formula is C14H17N3O2S. The topological polar surface area (TPSA) is 94.3 Å². The molecule has 20 heavy (non-hydrogen) atoms. The van der Waals surface area contributed by atoms with Crippen molar-refractivity contribution in [2.45, 2.75) is 24.5 Å². The maximum atomic E-state index is 11.4. The Morgan fingerprint density at radius 2 is 2.10 bits per heavy atom. The van der Waals surface area contributed by atoms with Crippen LogP contribution in [0.5, 0.6) is 0 Å². The quantitative estimate of drug-likeness (QED) is 0.264. The molecule has 5 nitrogen and oxygen atoms in total. The van der Waals surface area contributed by atoms with Crippen molar-refractivity contribution in [2.24, 2.45) is 5.84 Å². The highest BCUT2D eigenvalue weighted by Crippen LogP contribution is 2.29. The van der Waals surface area contributed by atoms with Gasteiger partial charge in [-0.3, -0.25) is 10.2 Å². The van der Waals surface area contributed by atoms with E-state index < -0.39 is 5.91 Å². The van der Waals surface area contributed by atoms with Gasteiger partial charge in [0.1, 0.15) is 5.76 Å². The van der Waals surface area contributed by atoms with Crippen molar-refractivity contribution in [3.8, 4) is 0 Å². The third-order valence-electron chi connectivity index (χ3n) is 2.96. The Kier molecular flexibility index (Phi) is 4.36. The summed E-state index contributed by atoms with van der Waals surface area (Å²) >= 11 is 1.68. The van der Waals surface area contributed by atoms with Crippen LogP contribution in [0.15, 0.2) is 33.6 Å². The van der Waals surface area contributed by atoms with Gasteiger partial charge in [-0.05, 0) is 43.7 Å². The molecular weight excluding hydrogens is 274 g/mol. The van der Waals surface area contributed by atoms with Crippen LogP contribution in [0.2, 0.25) is 0 Å². The average molecular weight is 291 g/mol. The first-order valence-electron chi connectivity index (χ1n) is 6.10. The van der Waals surface area contributed by atoms with Crippen molar-refractivity contribution >= 4 is 23.4 Å². The lowest BCUT2D eigenvalue weighted by Gasteiger charge is -2.05. The molecule has 1 amide bonds. The largest absolute Gasteiger partial charge is 0.456 e. The van der Waals surface area contributed by atoms with E-state index in [0.29, 0.717) is 0 Å². The number of benzene rings is 1. The van der Waals surface area contributed by atoms with Crippen molar-refractivity contribution in [3.63, 3.8) is 0 Å². The number of amides is 1. The molecule has 0 atom stereocenters. The molecule has 2 rings (SSSR count). The number of thioether (sulfide) groups is 1. The summed E-state index contributed by atoms with van der Waals surface area (Å²) in [6.07, 6.45) is 0. The van der Waals surface area contributed by atoms with Crippen LogP contribution in [0.4, 0.5) is 5.69 Å². The maximum Gasteiger partial charge on any atom is 0.300 e. The first kappa shape index (κ1) is 14.5. The van der Waals surface area contributed by atoms with Gasteiger partial charge in [-0.1, -0.05) is 0 Å². The Hall–Kier alpha value is -1.92. The Labute approximate surface area is 121 Å². The second-order valence-electron chi connectivity index (χ2n) is 4.48. The molecule has 0 unspecified atom stereocenters. The Balaban J connectivity index is 2.11. The fraction of sp³-hybridized carbons (Fsp3) is 0.214. The summed E-state index contributed by atoms with van der Waals surface area (Å²) in [7, 11) is 0. The summed E-state index contributed by atoms with van der Waals surface area (Å²) in [6.45, 7) is 3.85. The molecule has 0 radical (unpaired) electrons. The number of aryl methyl sites for hydroxylation is 2. The third-order valence-corrected chi connectivity index (χ3v) is 4.18. The maximum absolute atomic E-state index is 11.4. The number of hydrazine groups is 1. The monoisotopic (exact) mass is 291 g/mol. The zero-order chi connectivity index (χ0) is 14.7. The highest BCUT2D eigenvalue weighted by atomic mass is 32.2. The van der Waals surface area contributed by atoms with Gasteiger partial charge >= 0.3 is 5.91 Å². The molecule has 106 valence electrons. The number of carbonyl (C=O) groups is 1. The smallest absolute Gasteiger partial charge is 0.300 e. The number of hydrogen-bond acceptors (Lipinski definition) is 5. The summed E-state index contributed by atoms with van der Waals surface area (Å²) in [4.78, 5) is 12.6. The van der Waals surface area contributed by atoms with E-state index in [4.69, 9.17) is 16.0 Å². The molecule has 1 aromatic carbocycles. The summed E-state index contributed by atoms with van der Waals surface area (Å²) in [6, 6.07) is 7.54. The molecule has 0 aliphatic rings. The van der Waals surface area contributed by atoms with E-state index in [9.17, 15) is 4.79 Å². The highest BCUT2D eigenvalue weighted by Gasteiger charge is 2.13. The number of nitrogen functional groups attached to an aromatic ring is 2. The molecule has 0 saturated carbocycles. The van der Waals surface area contributed by atoms with Crippen LogP contribution in [0, 0.1) is 13.8 Å². The number of nitrogens with one attached hydrogen (secondary N) is 1. The van der Waals surface area contributed by atoms with E-state index in [2.05, 4.69) is 5.43 Å². The predicted octanol–water partition coefficient (Wildman–Crippen LogP) is 2.37. The second kappa shape index (κ2) is 6.02. The lowest BCUT2D eigenvalue weighted by molar-refractivity contribution is 0.0924. The van der Waals surface area contributed by atoms with Crippen LogP contribution < -0.4 is 17.0 Å². The van der Waals surface area contributed by atoms with E-state index in [1.54, 1.807) is 17.8 Å². The Bertz CT molecular complexity index is 637. The summed E-state index contributed by atoms with van der Waals surface area (Å²) in [5, 5.41) is 0. The van der Waals surface area contributed by atoms with Crippen LogP contribution >= 0.6 is 11.8 Å². The van der Waals surface area contributed by atoms with Gasteiger partial charge in [0, 0.05) is 21.9 Å². The minimum atomic E-state index is -0.423. The van der Waals surface area contributed by atoms with Crippen LogP contribution in [-0.2, 0) is 5.75 Å². The van der Waals surface area contributed by atoms with Gasteiger partial charge in [0.15, 0.2) is 5.76 Å². The standard InChI is InChI=1S/C14H17N3O2S/c1-8-5-11(15)3-4-13(8)20-7-10-6-12(14(18)17-16)19-9(10)2/h3-6H,7,15-16H2,1-2H3,(H,17,18). The minimum Gasteiger partial charge on any atom is -0.456 e. The molecule has 0 fully saturated rings. The molecule has 0 bridgehead atoms. The SMILES string of the molecule is Cc1cc(N)ccc1SCc1cc(C(=O)NN)oc1C. The lowest BCUT2D eigenvalue weighted by Crippen LogP contribution is -2.29. The molecule has 1 aromatic heterocycles. The van der Waals surface area contributed by atoms with Gasteiger partial charge in [0.2, 0.25) is 0 Å². The van der Waals surface area contributed by atoms with Crippen molar-refractivity contribution in [1.29, 1.82) is 0 Å². The van der Waals surface area contributed by atoms with E-state index in [1.165, 1.54) is 0 Å². The first-order chi connectivity index (χ1) is 9.51. The summed E-state index contributed by atoms with van der Waals surface area (Å²) < 4.78 is 5.38. The first-order valence-corrected chi connectivity index (χ1v) is 7.09. The fourth-order valence-corrected chi connectivity index (χ4v) is 2.88. The van der Waals surface area contributed by atoms with E-state index in [1.807, 2.05) is 32.0 Å². The summed E-state index contributed by atoms with van der Waals surface area (Å²) in [5.41, 5.74) is 10.7. The molecule has 0 spiro atoms. The predicted molar refractivity (Wildman–Crippen MR) is 80.3 cm³/mol. The molecule has 0 saturated heterocycles. The second-order valence-corrected chi connectivity index (χ2v) is 5.50. The van der Waals surface area contributed by atoms with Gasteiger partial charge in [-0.2, -0.15) is 0 Å². The zero-order valence-electron chi connectivity index (χ0n) is 11.4. The number of rotatable bonds is 4. The van der Waals surface area contributed by atoms with Crippen molar-refractivity contribution < 1.29 is 9.21 Å². The molecule has 5 N–H and O–H groups in total. The van der Waals surface area contributed by atoms with Crippen LogP contribution in [0.25, 0.3) is 0 Å². The van der Waals surface area contributed by atoms with Gasteiger partial charge in [0.25, 0.3) is 0 Å². The van der Waals surface area contributed by atoms with Crippen LogP contribution in [0.1, 0.15) is 27.4 Å². The molecule has 2 aromatic rings. The molecule has 1 heterocycles. The molecule has 0 aliphatic carbocycles. The summed E-state index contributed by atoms with van der Waals surface area (Å²) in [5.74, 6) is 6.34. The van der Waals surface area contributed by atoms with E-state index in [-0.39, 0.29) is 5.76 Å². The minimum absolute atomic E-state index is 0.231. The van der Waals surface area contributed by atoms with Gasteiger partial charge in [-0.25, -0.2) is 5.84 Å². The van der Waals surface area contributed by atoms with E-state index in [0.717, 1.165) is 33.2 Å². The van der Waals surface area contributed by atoms with Gasteiger partial charge in [-0.15, -0.1) is 11.8 Å². The van der Waals surface area contributed by atoms with Crippen LogP contribution in [0.3, 0.4) is 0 Å². The average Bonchev–Trinajstić information content (AvgIpc) is 2.78. The van der Waals surface area contributed by atoms with Crippen molar-refractivity contribution in [3.05, 3.63) is 46.9 Å². The number of furan rings is 1. The van der Waals surface area contributed by atoms with Gasteiger partial charge < -0.3 is 10.2 Å². The van der Waals surface area contributed by atoms with Gasteiger partial charge in [0.05, 0.1) is 0 Å². The zero-order valence-corrected chi connectivity index (χ0v) is 12.2. The Morgan fingerprint density at radius 3 is 2.75 bits per heavy atom. The van der Waals surface area contributed by atoms with E-state index >= 15 is 0 Å². The van der Waals surface area contributed by atoms with Crippen molar-refractivity contribution in [1.82, 2.24) is 5.43 Å². The van der Waals surface area contributed by atoms with Crippen LogP contribution in [-0.4, -0.2) is 5.91 Å². The third kappa shape index (κ3) is 3.15. The highest BCUT2D eigenvalue weighted by molar-refractivity contribution is 7.98. The molecule has 0 aliphatic heterocycles. The normalized spacial score (nSPS) is 10.6. The fourth-order valence-electron chi connectivity index (χ4n) is 1.84. The number of hydrogen-bond donors (Lipinski definition) is 3. The number of carbonyl (C=O) groups excluding carboxylic acids is 1. The number of nitrogens with two attached hydrogens (primary N) is 2. The Morgan fingerprint density at radius 1 is 1.35 bits per heavy atom. The lowest BCUT2D eigenvalue weighted by atomic mass is 10.2. The number of anilines is 1. The van der Waals surface area contributed by atoms with Crippen molar-refractivity contribution in [2.75, 3.05) is 5.73 Å².